The summed E-state index contributed by atoms with van der Waals surface area (Å²) in [6.45, 7) is 4.14. The number of aliphatic hydroxyl groups excluding tert-OH is 1. The number of hydrogen-bond acceptors (Lipinski definition) is 5. The lowest BCUT2D eigenvalue weighted by Crippen LogP contribution is -2.45. The summed E-state index contributed by atoms with van der Waals surface area (Å²) in [4.78, 5) is 0. The van der Waals surface area contributed by atoms with Crippen LogP contribution in [-0.4, -0.2) is 44.2 Å². The molecule has 1 saturated heterocycles. The minimum atomic E-state index is -2.95. The van der Waals surface area contributed by atoms with E-state index in [-0.39, 0.29) is 11.5 Å². The first-order valence-electron chi connectivity index (χ1n) is 7.03. The number of aliphatic hydroxyl groups is 1. The van der Waals surface area contributed by atoms with E-state index in [9.17, 15) is 13.5 Å². The first-order chi connectivity index (χ1) is 9.75. The van der Waals surface area contributed by atoms with Gasteiger partial charge in [-0.15, -0.1) is 0 Å². The molecular weight excluding hydrogens is 290 g/mol. The number of aryl methyl sites for hydroxylation is 1. The average molecular weight is 313 g/mol. The zero-order chi connectivity index (χ0) is 15.7. The Morgan fingerprint density at radius 1 is 1.48 bits per heavy atom. The van der Waals surface area contributed by atoms with E-state index in [1.807, 2.05) is 32.0 Å². The molecule has 1 aromatic carbocycles. The Labute approximate surface area is 126 Å². The molecule has 0 aromatic heterocycles. The van der Waals surface area contributed by atoms with E-state index in [1.54, 1.807) is 7.11 Å². The van der Waals surface area contributed by atoms with Gasteiger partial charge in [0, 0.05) is 17.6 Å². The van der Waals surface area contributed by atoms with E-state index >= 15 is 0 Å². The van der Waals surface area contributed by atoms with Crippen LogP contribution >= 0.6 is 0 Å². The van der Waals surface area contributed by atoms with Gasteiger partial charge >= 0.3 is 0 Å². The quantitative estimate of drug-likeness (QED) is 0.854. The molecular formula is C15H23NO4S. The topological polar surface area (TPSA) is 75.6 Å². The minimum Gasteiger partial charge on any atom is -0.496 e. The van der Waals surface area contributed by atoms with E-state index in [2.05, 4.69) is 5.32 Å². The maximum Gasteiger partial charge on any atom is 0.152 e. The highest BCUT2D eigenvalue weighted by molar-refractivity contribution is 7.91. The Kier molecular flexibility index (Phi) is 4.60. The summed E-state index contributed by atoms with van der Waals surface area (Å²) in [5.74, 6) is 0.969. The average Bonchev–Trinajstić information content (AvgIpc) is 2.70. The van der Waals surface area contributed by atoms with Gasteiger partial charge in [0.15, 0.2) is 9.84 Å². The number of hydrogen-bond donors (Lipinski definition) is 2. The second kappa shape index (κ2) is 5.94. The predicted octanol–water partition coefficient (Wildman–Crippen LogP) is 1.20. The van der Waals surface area contributed by atoms with Crippen molar-refractivity contribution in [3.05, 3.63) is 29.3 Å². The van der Waals surface area contributed by atoms with Gasteiger partial charge in [0.05, 0.1) is 24.7 Å². The Morgan fingerprint density at radius 2 is 2.19 bits per heavy atom. The minimum absolute atomic E-state index is 0.123. The van der Waals surface area contributed by atoms with Crippen LogP contribution in [0.3, 0.4) is 0 Å². The van der Waals surface area contributed by atoms with Crippen molar-refractivity contribution in [2.24, 2.45) is 0 Å². The van der Waals surface area contributed by atoms with Gasteiger partial charge in [-0.1, -0.05) is 11.6 Å². The van der Waals surface area contributed by atoms with E-state index in [4.69, 9.17) is 4.74 Å². The molecule has 21 heavy (non-hydrogen) atoms. The van der Waals surface area contributed by atoms with Crippen LogP contribution in [0.15, 0.2) is 18.2 Å². The van der Waals surface area contributed by atoms with Crippen LogP contribution in [0.5, 0.6) is 5.75 Å². The zero-order valence-corrected chi connectivity index (χ0v) is 13.5. The lowest BCUT2D eigenvalue weighted by atomic mass is 10.00. The molecule has 6 heteroatoms. The summed E-state index contributed by atoms with van der Waals surface area (Å²) in [5, 5.41) is 13.6. The number of sulfone groups is 1. The zero-order valence-electron chi connectivity index (χ0n) is 12.7. The molecule has 118 valence electrons. The molecule has 0 radical (unpaired) electrons. The third-order valence-corrected chi connectivity index (χ3v) is 5.87. The molecule has 0 aliphatic carbocycles. The van der Waals surface area contributed by atoms with Gasteiger partial charge in [-0.2, -0.15) is 0 Å². The van der Waals surface area contributed by atoms with Gasteiger partial charge in [-0.05, 0) is 32.4 Å². The van der Waals surface area contributed by atoms with Gasteiger partial charge < -0.3 is 15.2 Å². The predicted molar refractivity (Wildman–Crippen MR) is 82.4 cm³/mol. The van der Waals surface area contributed by atoms with E-state index in [0.717, 1.165) is 11.1 Å². The molecule has 0 amide bonds. The van der Waals surface area contributed by atoms with Gasteiger partial charge in [-0.25, -0.2) is 8.42 Å². The van der Waals surface area contributed by atoms with E-state index < -0.39 is 21.5 Å². The second-order valence-corrected chi connectivity index (χ2v) is 8.23. The summed E-state index contributed by atoms with van der Waals surface area (Å²) >= 11 is 0. The van der Waals surface area contributed by atoms with Crippen molar-refractivity contribution in [2.45, 2.75) is 31.9 Å². The number of β-amino-alcohol motifs (C(OH)–C–C–N with tert-alkyl or cyclic N) is 1. The Hall–Kier alpha value is -1.11. The highest BCUT2D eigenvalue weighted by atomic mass is 32.2. The summed E-state index contributed by atoms with van der Waals surface area (Å²) in [7, 11) is -1.39. The first kappa shape index (κ1) is 16.3. The summed E-state index contributed by atoms with van der Waals surface area (Å²) in [6.07, 6.45) is -0.160. The fourth-order valence-corrected chi connectivity index (χ4v) is 4.84. The van der Waals surface area contributed by atoms with Crippen molar-refractivity contribution in [2.75, 3.05) is 25.2 Å². The third-order valence-electron chi connectivity index (χ3n) is 3.97. The van der Waals surface area contributed by atoms with Crippen molar-refractivity contribution in [3.63, 3.8) is 0 Å². The molecule has 1 aliphatic rings. The van der Waals surface area contributed by atoms with Crippen molar-refractivity contribution >= 4 is 9.84 Å². The molecule has 0 bridgehead atoms. The fraction of sp³-hybridized carbons (Fsp3) is 0.600. The normalized spacial score (nSPS) is 25.7. The number of rotatable bonds is 5. The van der Waals surface area contributed by atoms with E-state index in [1.165, 1.54) is 0 Å². The molecule has 0 saturated carbocycles. The lowest BCUT2D eigenvalue weighted by Gasteiger charge is -2.26. The molecule has 1 fully saturated rings. The molecule has 2 atom stereocenters. The fourth-order valence-electron chi connectivity index (χ4n) is 2.72. The summed E-state index contributed by atoms with van der Waals surface area (Å²) in [6, 6.07) is 5.64. The Balaban J connectivity index is 2.06. The molecule has 5 nitrogen and oxygen atoms in total. The lowest BCUT2D eigenvalue weighted by molar-refractivity contribution is 0.158. The highest BCUT2D eigenvalue weighted by Gasteiger charge is 2.38. The van der Waals surface area contributed by atoms with Crippen LogP contribution < -0.4 is 10.1 Å². The van der Waals surface area contributed by atoms with Crippen LogP contribution in [-0.2, 0) is 9.84 Å². The standard InChI is InChI=1S/C15H23NO4S/c1-11-4-5-14(20-3)12(8-11)13(17)9-16-15(2)6-7-21(18,19)10-15/h4-5,8,13,16-17H,6-7,9-10H2,1-3H3. The summed E-state index contributed by atoms with van der Waals surface area (Å²) in [5.41, 5.74) is 1.30. The maximum absolute atomic E-state index is 11.6. The molecule has 2 rings (SSSR count). The van der Waals surface area contributed by atoms with Crippen molar-refractivity contribution in [1.82, 2.24) is 5.32 Å². The van der Waals surface area contributed by atoms with Gasteiger partial charge in [0.25, 0.3) is 0 Å². The Bertz CT molecular complexity index is 614. The van der Waals surface area contributed by atoms with Crippen molar-refractivity contribution in [1.29, 1.82) is 0 Å². The molecule has 2 N–H and O–H groups in total. The largest absolute Gasteiger partial charge is 0.496 e. The highest BCUT2D eigenvalue weighted by Crippen LogP contribution is 2.28. The number of nitrogens with one attached hydrogen (secondary N) is 1. The third kappa shape index (κ3) is 3.96. The molecule has 1 aromatic rings. The second-order valence-electron chi connectivity index (χ2n) is 6.04. The van der Waals surface area contributed by atoms with Crippen LogP contribution in [0, 0.1) is 6.92 Å². The number of methoxy groups -OCH3 is 1. The molecule has 1 heterocycles. The van der Waals surface area contributed by atoms with E-state index in [0.29, 0.717) is 18.7 Å². The van der Waals surface area contributed by atoms with Crippen LogP contribution in [0.25, 0.3) is 0 Å². The van der Waals surface area contributed by atoms with Gasteiger partial charge in [0.1, 0.15) is 5.75 Å². The van der Waals surface area contributed by atoms with Crippen molar-refractivity contribution in [3.8, 4) is 5.75 Å². The van der Waals surface area contributed by atoms with Crippen LogP contribution in [0.1, 0.15) is 30.6 Å². The summed E-state index contributed by atoms with van der Waals surface area (Å²) < 4.78 is 28.4. The number of benzene rings is 1. The molecule has 0 spiro atoms. The van der Waals surface area contributed by atoms with Crippen LogP contribution in [0.4, 0.5) is 0 Å². The van der Waals surface area contributed by atoms with Gasteiger partial charge in [-0.3, -0.25) is 0 Å². The monoisotopic (exact) mass is 313 g/mol. The molecule has 1 aliphatic heterocycles. The Morgan fingerprint density at radius 3 is 2.76 bits per heavy atom. The van der Waals surface area contributed by atoms with Crippen molar-refractivity contribution < 1.29 is 18.3 Å². The van der Waals surface area contributed by atoms with Gasteiger partial charge in [0.2, 0.25) is 0 Å². The van der Waals surface area contributed by atoms with Crippen LogP contribution in [0.2, 0.25) is 0 Å². The SMILES string of the molecule is COc1ccc(C)cc1C(O)CNC1(C)CCS(=O)(=O)C1. The maximum atomic E-state index is 11.6. The first-order valence-corrected chi connectivity index (χ1v) is 8.85. The smallest absolute Gasteiger partial charge is 0.152 e. The molecule has 2 unspecified atom stereocenters. The number of ether oxygens (including phenoxy) is 1.